The fourth-order valence-corrected chi connectivity index (χ4v) is 3.78. The molecule has 2 aromatic carbocycles. The normalized spacial score (nSPS) is 14.4. The highest BCUT2D eigenvalue weighted by atomic mass is 19.1. The van der Waals surface area contributed by atoms with Crippen molar-refractivity contribution in [1.82, 2.24) is 15.0 Å². The predicted molar refractivity (Wildman–Crippen MR) is 119 cm³/mol. The van der Waals surface area contributed by atoms with Crippen molar-refractivity contribution in [3.8, 4) is 11.3 Å². The van der Waals surface area contributed by atoms with E-state index in [9.17, 15) is 14.0 Å². The molecule has 1 aliphatic heterocycles. The molecule has 1 aliphatic rings. The van der Waals surface area contributed by atoms with Gasteiger partial charge in [-0.3, -0.25) is 14.5 Å². The number of aryl methyl sites for hydroxylation is 1. The number of hydrogen-bond donors (Lipinski definition) is 1. The average Bonchev–Trinajstić information content (AvgIpc) is 3.30. The van der Waals surface area contributed by atoms with Gasteiger partial charge in [0.25, 0.3) is 5.91 Å². The summed E-state index contributed by atoms with van der Waals surface area (Å²) in [6.45, 7) is 4.41. The van der Waals surface area contributed by atoms with Crippen LogP contribution in [0.3, 0.4) is 0 Å². The smallest absolute Gasteiger partial charge is 0.276 e. The molecule has 0 atom stereocenters. The maximum atomic E-state index is 13.9. The second-order valence-electron chi connectivity index (χ2n) is 7.68. The molecule has 7 nitrogen and oxygen atoms in total. The van der Waals surface area contributed by atoms with E-state index in [4.69, 9.17) is 4.52 Å². The molecule has 166 valence electrons. The summed E-state index contributed by atoms with van der Waals surface area (Å²) in [5.41, 5.74) is 2.34. The minimum Gasteiger partial charge on any atom is -0.355 e. The number of para-hydroxylation sites is 1. The lowest BCUT2D eigenvalue weighted by Gasteiger charge is -2.33. The molecule has 32 heavy (non-hydrogen) atoms. The fourth-order valence-electron chi connectivity index (χ4n) is 3.78. The number of rotatable bonds is 6. The van der Waals surface area contributed by atoms with Crippen molar-refractivity contribution < 1.29 is 18.5 Å². The fraction of sp³-hybridized carbons (Fsp3) is 0.292. The summed E-state index contributed by atoms with van der Waals surface area (Å²) in [5.74, 6) is -0.556. The first kappa shape index (κ1) is 21.7. The standard InChI is InChI=1S/C24H25FN4O3/c1-2-17-7-3-6-10-20(17)26-23(30)16-28-11-13-29(14-12-28)24(31)21-15-22(32-27-21)18-8-4-5-9-19(18)25/h3-10,15H,2,11-14,16H2,1H3,(H,26,30). The highest BCUT2D eigenvalue weighted by Crippen LogP contribution is 2.24. The van der Waals surface area contributed by atoms with Gasteiger partial charge in [-0.2, -0.15) is 0 Å². The third kappa shape index (κ3) is 4.86. The zero-order valence-corrected chi connectivity index (χ0v) is 17.9. The van der Waals surface area contributed by atoms with Gasteiger partial charge in [0.1, 0.15) is 5.82 Å². The Bertz CT molecular complexity index is 1110. The summed E-state index contributed by atoms with van der Waals surface area (Å²) in [5, 5.41) is 6.81. The van der Waals surface area contributed by atoms with Crippen LogP contribution < -0.4 is 5.32 Å². The van der Waals surface area contributed by atoms with Gasteiger partial charge < -0.3 is 14.7 Å². The van der Waals surface area contributed by atoms with Crippen molar-refractivity contribution in [2.45, 2.75) is 13.3 Å². The number of aromatic nitrogens is 1. The minimum atomic E-state index is -0.434. The summed E-state index contributed by atoms with van der Waals surface area (Å²) < 4.78 is 19.1. The van der Waals surface area contributed by atoms with Crippen LogP contribution in [0, 0.1) is 5.82 Å². The average molecular weight is 436 g/mol. The van der Waals surface area contributed by atoms with Gasteiger partial charge in [-0.1, -0.05) is 42.4 Å². The van der Waals surface area contributed by atoms with Crippen molar-refractivity contribution in [3.63, 3.8) is 0 Å². The molecule has 3 aromatic rings. The van der Waals surface area contributed by atoms with Gasteiger partial charge in [-0.25, -0.2) is 4.39 Å². The van der Waals surface area contributed by atoms with Gasteiger partial charge in [0, 0.05) is 37.9 Å². The van der Waals surface area contributed by atoms with Crippen molar-refractivity contribution in [1.29, 1.82) is 0 Å². The Hall–Kier alpha value is -3.52. The highest BCUT2D eigenvalue weighted by molar-refractivity contribution is 5.94. The van der Waals surface area contributed by atoms with Crippen molar-refractivity contribution in [3.05, 3.63) is 71.7 Å². The first-order valence-electron chi connectivity index (χ1n) is 10.7. The van der Waals surface area contributed by atoms with Crippen LogP contribution in [0.15, 0.2) is 59.1 Å². The molecule has 0 radical (unpaired) electrons. The molecule has 1 fully saturated rings. The number of piperazine rings is 1. The first-order valence-corrected chi connectivity index (χ1v) is 10.7. The summed E-state index contributed by atoms with van der Waals surface area (Å²) >= 11 is 0. The summed E-state index contributed by atoms with van der Waals surface area (Å²) in [6.07, 6.45) is 0.845. The number of carbonyl (C=O) groups excluding carboxylic acids is 2. The second kappa shape index (κ2) is 9.74. The largest absolute Gasteiger partial charge is 0.355 e. The van der Waals surface area contributed by atoms with E-state index < -0.39 is 5.82 Å². The Morgan fingerprint density at radius 1 is 1.06 bits per heavy atom. The zero-order chi connectivity index (χ0) is 22.5. The molecule has 1 N–H and O–H groups in total. The minimum absolute atomic E-state index is 0.0725. The van der Waals surface area contributed by atoms with Crippen molar-refractivity contribution in [2.24, 2.45) is 0 Å². The van der Waals surface area contributed by atoms with E-state index in [0.717, 1.165) is 17.7 Å². The van der Waals surface area contributed by atoms with Crippen LogP contribution in [0.4, 0.5) is 10.1 Å². The van der Waals surface area contributed by atoms with Gasteiger partial charge in [0.05, 0.1) is 12.1 Å². The first-order chi connectivity index (χ1) is 15.5. The van der Waals surface area contributed by atoms with Crippen LogP contribution in [0.5, 0.6) is 0 Å². The van der Waals surface area contributed by atoms with Crippen molar-refractivity contribution >= 4 is 17.5 Å². The van der Waals surface area contributed by atoms with Gasteiger partial charge in [-0.15, -0.1) is 0 Å². The van der Waals surface area contributed by atoms with E-state index in [-0.39, 0.29) is 35.4 Å². The second-order valence-corrected chi connectivity index (χ2v) is 7.68. The number of halogens is 1. The van der Waals surface area contributed by atoms with Crippen LogP contribution >= 0.6 is 0 Å². The molecule has 0 bridgehead atoms. The third-order valence-electron chi connectivity index (χ3n) is 5.57. The van der Waals surface area contributed by atoms with E-state index in [1.54, 1.807) is 23.1 Å². The summed E-state index contributed by atoms with van der Waals surface area (Å²) in [7, 11) is 0. The molecule has 1 aromatic heterocycles. The SMILES string of the molecule is CCc1ccccc1NC(=O)CN1CCN(C(=O)c2cc(-c3ccccc3F)on2)CC1. The lowest BCUT2D eigenvalue weighted by atomic mass is 10.1. The number of hydrogen-bond acceptors (Lipinski definition) is 5. The number of nitrogens with zero attached hydrogens (tertiary/aromatic N) is 3. The predicted octanol–water partition coefficient (Wildman–Crippen LogP) is 3.44. The number of benzene rings is 2. The third-order valence-corrected chi connectivity index (χ3v) is 5.57. The number of anilines is 1. The Morgan fingerprint density at radius 2 is 1.78 bits per heavy atom. The van der Waals surface area contributed by atoms with E-state index in [1.165, 1.54) is 12.1 Å². The Balaban J connectivity index is 1.30. The summed E-state index contributed by atoms with van der Waals surface area (Å²) in [6, 6.07) is 15.4. The topological polar surface area (TPSA) is 78.7 Å². The lowest BCUT2D eigenvalue weighted by molar-refractivity contribution is -0.117. The molecule has 4 rings (SSSR count). The Labute approximate surface area is 185 Å². The van der Waals surface area contributed by atoms with Crippen LogP contribution in [0.2, 0.25) is 0 Å². The molecular formula is C24H25FN4O3. The maximum absolute atomic E-state index is 13.9. The lowest BCUT2D eigenvalue weighted by Crippen LogP contribution is -2.50. The highest BCUT2D eigenvalue weighted by Gasteiger charge is 2.26. The molecule has 0 aliphatic carbocycles. The molecule has 2 amide bonds. The Kier molecular flexibility index (Phi) is 6.61. The van der Waals surface area contributed by atoms with Gasteiger partial charge in [0.15, 0.2) is 11.5 Å². The van der Waals surface area contributed by atoms with E-state index in [0.29, 0.717) is 26.2 Å². The van der Waals surface area contributed by atoms with E-state index >= 15 is 0 Å². The molecule has 1 saturated heterocycles. The molecule has 0 spiro atoms. The molecule has 2 heterocycles. The summed E-state index contributed by atoms with van der Waals surface area (Å²) in [4.78, 5) is 28.9. The van der Waals surface area contributed by atoms with Crippen molar-refractivity contribution in [2.75, 3.05) is 38.0 Å². The number of amides is 2. The molecule has 8 heteroatoms. The quantitative estimate of drug-likeness (QED) is 0.641. The maximum Gasteiger partial charge on any atom is 0.276 e. The van der Waals surface area contributed by atoms with Gasteiger partial charge in [-0.05, 0) is 30.2 Å². The molecule has 0 saturated carbocycles. The van der Waals surface area contributed by atoms with E-state index in [2.05, 4.69) is 17.4 Å². The molecule has 0 unspecified atom stereocenters. The van der Waals surface area contributed by atoms with Crippen LogP contribution in [0.25, 0.3) is 11.3 Å². The monoisotopic (exact) mass is 436 g/mol. The Morgan fingerprint density at radius 3 is 2.53 bits per heavy atom. The van der Waals surface area contributed by atoms with Crippen LogP contribution in [0.1, 0.15) is 23.0 Å². The number of nitrogens with one attached hydrogen (secondary N) is 1. The van der Waals surface area contributed by atoms with Crippen LogP contribution in [-0.2, 0) is 11.2 Å². The van der Waals surface area contributed by atoms with Crippen LogP contribution in [-0.4, -0.2) is 59.5 Å². The zero-order valence-electron chi connectivity index (χ0n) is 17.9. The van der Waals surface area contributed by atoms with Gasteiger partial charge in [0.2, 0.25) is 5.91 Å². The van der Waals surface area contributed by atoms with Gasteiger partial charge >= 0.3 is 0 Å². The molecular weight excluding hydrogens is 411 g/mol. The number of carbonyl (C=O) groups is 2. The van der Waals surface area contributed by atoms with E-state index in [1.807, 2.05) is 29.2 Å².